The summed E-state index contributed by atoms with van der Waals surface area (Å²) in [5, 5.41) is 21.4. The molecule has 0 unspecified atom stereocenters. The summed E-state index contributed by atoms with van der Waals surface area (Å²) in [4.78, 5) is 25.1. The first-order chi connectivity index (χ1) is 17.7. The van der Waals surface area contributed by atoms with Crippen LogP contribution in [0, 0.1) is 0 Å². The molecule has 4 rings (SSSR count). The molecule has 37 heavy (non-hydrogen) atoms. The van der Waals surface area contributed by atoms with Gasteiger partial charge in [0.05, 0.1) is 5.56 Å². The van der Waals surface area contributed by atoms with E-state index in [1.54, 1.807) is 12.1 Å². The molecule has 0 radical (unpaired) electrons. The van der Waals surface area contributed by atoms with Crippen molar-refractivity contribution in [2.24, 2.45) is 0 Å². The zero-order valence-corrected chi connectivity index (χ0v) is 18.5. The fraction of sp³-hybridized carbons (Fsp3) is 0.0476. The van der Waals surface area contributed by atoms with Gasteiger partial charge in [0.25, 0.3) is 0 Å². The van der Waals surface area contributed by atoms with Crippen molar-refractivity contribution >= 4 is 43.1 Å². The molecule has 0 bridgehead atoms. The zero-order valence-electron chi connectivity index (χ0n) is 18.5. The predicted octanol–water partition coefficient (Wildman–Crippen LogP) is 2.76. The van der Waals surface area contributed by atoms with Gasteiger partial charge in [-0.15, -0.1) is 0 Å². The van der Waals surface area contributed by atoms with Gasteiger partial charge in [-0.2, -0.15) is 13.2 Å². The normalized spacial score (nSPS) is 10.9. The van der Waals surface area contributed by atoms with Crippen LogP contribution >= 0.6 is 0 Å². The third kappa shape index (κ3) is 5.99. The Labute approximate surface area is 206 Å². The predicted molar refractivity (Wildman–Crippen MR) is 123 cm³/mol. The van der Waals surface area contributed by atoms with E-state index in [9.17, 15) is 32.7 Å². The average Bonchev–Trinajstić information content (AvgIpc) is 2.86. The van der Waals surface area contributed by atoms with Gasteiger partial charge in [-0.05, 0) is 18.2 Å². The molecule has 0 aliphatic heterocycles. The topological polar surface area (TPSA) is 147 Å². The number of nitrogens with zero attached hydrogens (tertiary/aromatic N) is 4. The summed E-state index contributed by atoms with van der Waals surface area (Å²) in [7, 11) is -2.29. The van der Waals surface area contributed by atoms with Crippen molar-refractivity contribution in [1.82, 2.24) is 15.0 Å². The molecule has 2 aromatic heterocycles. The number of anilines is 2. The molecule has 0 fully saturated rings. The summed E-state index contributed by atoms with van der Waals surface area (Å²) in [6.07, 6.45) is -3.35. The minimum absolute atomic E-state index is 0.0232. The SMILES string of the molecule is O=BON(B(O)O)c1nccc(Oc2ccc3c(C(=O)Nc4cccc(C(F)(F)F)c4)cccc3n2)n1. The Morgan fingerprint density at radius 2 is 1.78 bits per heavy atom. The molecule has 0 saturated carbocycles. The summed E-state index contributed by atoms with van der Waals surface area (Å²) in [5.41, 5.74) is -0.421. The van der Waals surface area contributed by atoms with Gasteiger partial charge in [-0.25, -0.2) is 0 Å². The van der Waals surface area contributed by atoms with E-state index in [1.807, 2.05) is 0 Å². The molecule has 186 valence electrons. The molecule has 1 amide bonds. The van der Waals surface area contributed by atoms with E-state index in [2.05, 4.69) is 25.0 Å². The number of hydrogen-bond acceptors (Lipinski definition) is 10. The van der Waals surface area contributed by atoms with Crippen LogP contribution in [0.2, 0.25) is 0 Å². The second-order valence-corrected chi connectivity index (χ2v) is 7.23. The van der Waals surface area contributed by atoms with Crippen LogP contribution in [-0.2, 0) is 15.6 Å². The number of alkyl halides is 3. The van der Waals surface area contributed by atoms with E-state index in [4.69, 9.17) is 4.74 Å². The van der Waals surface area contributed by atoms with E-state index in [0.29, 0.717) is 15.9 Å². The number of pyridine rings is 1. The first-order valence-corrected chi connectivity index (χ1v) is 10.3. The van der Waals surface area contributed by atoms with Crippen molar-refractivity contribution in [1.29, 1.82) is 0 Å². The second kappa shape index (κ2) is 10.6. The first kappa shape index (κ1) is 25.5. The molecule has 0 aliphatic rings. The number of ether oxygens (including phenoxy) is 1. The first-order valence-electron chi connectivity index (χ1n) is 10.3. The van der Waals surface area contributed by atoms with E-state index >= 15 is 0 Å². The maximum atomic E-state index is 13.0. The van der Waals surface area contributed by atoms with Gasteiger partial charge in [-0.1, -0.05) is 6.07 Å². The second-order valence-electron chi connectivity index (χ2n) is 7.23. The maximum absolute atomic E-state index is 13.0. The Balaban J connectivity index is 1.57. The van der Waals surface area contributed by atoms with E-state index in [0.717, 1.165) is 12.1 Å². The van der Waals surface area contributed by atoms with Gasteiger partial charge in [0.1, 0.15) is 0 Å². The quantitative estimate of drug-likeness (QED) is 0.239. The zero-order chi connectivity index (χ0) is 26.6. The van der Waals surface area contributed by atoms with Crippen molar-refractivity contribution in [3.63, 3.8) is 0 Å². The number of aromatic nitrogens is 3. The van der Waals surface area contributed by atoms with Crippen LogP contribution < -0.4 is 15.0 Å². The molecule has 11 nitrogen and oxygen atoms in total. The molecule has 0 aliphatic carbocycles. The Morgan fingerprint density at radius 1 is 1.03 bits per heavy atom. The van der Waals surface area contributed by atoms with Gasteiger partial charge in [-0.3, -0.25) is 4.79 Å². The number of carbonyl (C=O) groups is 1. The van der Waals surface area contributed by atoms with Crippen molar-refractivity contribution in [3.05, 3.63) is 78.0 Å². The summed E-state index contributed by atoms with van der Waals surface area (Å²) in [6.45, 7) is 0. The molecular weight excluding hydrogens is 497 g/mol. The Bertz CT molecular complexity index is 1460. The van der Waals surface area contributed by atoms with Gasteiger partial charge in [0.15, 0.2) is 0 Å². The molecule has 3 N–H and O–H groups in total. The van der Waals surface area contributed by atoms with E-state index in [-0.39, 0.29) is 30.4 Å². The standard InChI is InChI=1S/C21H14B2F3N5O6/c24-21(25,26)12-3-1-4-13(11-12)28-19(32)15-5-2-6-16-14(15)7-8-17(29-16)36-18-9-10-27-20(30-18)31(23(34)35)37-22-33/h1-11,34-35H,(H,28,32). The third-order valence-electron chi connectivity index (χ3n) is 4.79. The summed E-state index contributed by atoms with van der Waals surface area (Å²) >= 11 is 0. The summed E-state index contributed by atoms with van der Waals surface area (Å²) in [5.74, 6) is -1.08. The summed E-state index contributed by atoms with van der Waals surface area (Å²) < 4.78 is 59.5. The number of nitrogens with one attached hydrogen (secondary N) is 1. The van der Waals surface area contributed by atoms with Gasteiger partial charge in [0.2, 0.25) is 0 Å². The van der Waals surface area contributed by atoms with Crippen molar-refractivity contribution in [3.8, 4) is 11.8 Å². The van der Waals surface area contributed by atoms with Crippen molar-refractivity contribution < 1.29 is 42.2 Å². The molecule has 2 heterocycles. The Hall–Kier alpha value is -4.56. The minimum atomic E-state index is -4.55. The fourth-order valence-electron chi connectivity index (χ4n) is 3.22. The van der Waals surface area contributed by atoms with Crippen LogP contribution in [0.4, 0.5) is 24.8 Å². The Kier molecular flexibility index (Phi) is 7.31. The van der Waals surface area contributed by atoms with Crippen LogP contribution in [0.3, 0.4) is 0 Å². The molecule has 0 saturated heterocycles. The van der Waals surface area contributed by atoms with Crippen molar-refractivity contribution in [2.75, 3.05) is 10.3 Å². The molecule has 0 atom stereocenters. The number of amides is 1. The fourth-order valence-corrected chi connectivity index (χ4v) is 3.22. The third-order valence-corrected chi connectivity index (χ3v) is 4.79. The van der Waals surface area contributed by atoms with Crippen LogP contribution in [0.25, 0.3) is 10.9 Å². The molecular formula is C21H14B2F3N5O6. The van der Waals surface area contributed by atoms with E-state index < -0.39 is 30.8 Å². The van der Waals surface area contributed by atoms with Crippen LogP contribution in [0.1, 0.15) is 15.9 Å². The number of carbonyl (C=O) groups excluding carboxylic acids is 1. The number of benzene rings is 2. The van der Waals surface area contributed by atoms with Crippen molar-refractivity contribution in [2.45, 2.75) is 6.18 Å². The monoisotopic (exact) mass is 511 g/mol. The molecule has 2 aromatic carbocycles. The number of fused-ring (bicyclic) bond motifs is 1. The number of halogens is 3. The average molecular weight is 511 g/mol. The number of rotatable bonds is 8. The van der Waals surface area contributed by atoms with Crippen LogP contribution in [-0.4, -0.2) is 45.5 Å². The Morgan fingerprint density at radius 3 is 2.51 bits per heavy atom. The van der Waals surface area contributed by atoms with Gasteiger partial charge < -0.3 is 5.32 Å². The molecule has 4 aromatic rings. The van der Waals surface area contributed by atoms with Crippen LogP contribution in [0.5, 0.6) is 11.8 Å². The van der Waals surface area contributed by atoms with Gasteiger partial charge in [0, 0.05) is 5.69 Å². The van der Waals surface area contributed by atoms with Crippen LogP contribution in [0.15, 0.2) is 66.9 Å². The number of hydrogen-bond donors (Lipinski definition) is 3. The van der Waals surface area contributed by atoms with E-state index in [1.165, 1.54) is 42.6 Å². The molecule has 16 heteroatoms. The molecule has 0 spiro atoms. The van der Waals surface area contributed by atoms with Gasteiger partial charge >= 0.3 is 148 Å². The summed E-state index contributed by atoms with van der Waals surface area (Å²) in [6, 6.07) is 13.2.